The number of imidazole rings is 1. The number of rotatable bonds is 5. The molecule has 0 atom stereocenters. The SMILES string of the molecule is Cn1c(=O)n(CC(=O)NCC(=O)NC2CC2)c2ccccc21. The molecule has 0 spiro atoms. The number of aromatic nitrogens is 2. The molecule has 0 unspecified atom stereocenters. The molecule has 2 N–H and O–H groups in total. The van der Waals surface area contributed by atoms with Crippen molar-refractivity contribution >= 4 is 22.8 Å². The number of hydrogen-bond acceptors (Lipinski definition) is 3. The fraction of sp³-hybridized carbons (Fsp3) is 0.400. The van der Waals surface area contributed by atoms with Crippen molar-refractivity contribution in [3.8, 4) is 0 Å². The summed E-state index contributed by atoms with van der Waals surface area (Å²) in [6.07, 6.45) is 2.01. The van der Waals surface area contributed by atoms with Crippen molar-refractivity contribution in [3.05, 3.63) is 34.7 Å². The Kier molecular flexibility index (Phi) is 3.70. The molecule has 7 nitrogen and oxygen atoms in total. The predicted molar refractivity (Wildman–Crippen MR) is 81.4 cm³/mol. The Morgan fingerprint density at radius 2 is 1.86 bits per heavy atom. The van der Waals surface area contributed by atoms with E-state index in [2.05, 4.69) is 10.6 Å². The molecule has 1 aliphatic carbocycles. The minimum atomic E-state index is -0.357. The quantitative estimate of drug-likeness (QED) is 0.797. The zero-order chi connectivity index (χ0) is 15.7. The molecule has 1 fully saturated rings. The van der Waals surface area contributed by atoms with Crippen molar-refractivity contribution in [1.82, 2.24) is 19.8 Å². The van der Waals surface area contributed by atoms with Crippen LogP contribution in [0.5, 0.6) is 0 Å². The van der Waals surface area contributed by atoms with Gasteiger partial charge >= 0.3 is 5.69 Å². The van der Waals surface area contributed by atoms with Gasteiger partial charge in [-0.2, -0.15) is 0 Å². The molecule has 0 radical (unpaired) electrons. The van der Waals surface area contributed by atoms with E-state index in [9.17, 15) is 14.4 Å². The molecule has 0 bridgehead atoms. The summed E-state index contributed by atoms with van der Waals surface area (Å²) in [4.78, 5) is 35.7. The smallest absolute Gasteiger partial charge is 0.329 e. The van der Waals surface area contributed by atoms with E-state index in [-0.39, 0.29) is 36.6 Å². The number of carbonyl (C=O) groups excluding carboxylic acids is 2. The van der Waals surface area contributed by atoms with E-state index in [0.717, 1.165) is 18.4 Å². The number of nitrogens with one attached hydrogen (secondary N) is 2. The van der Waals surface area contributed by atoms with Crippen molar-refractivity contribution < 1.29 is 9.59 Å². The monoisotopic (exact) mass is 302 g/mol. The van der Waals surface area contributed by atoms with Gasteiger partial charge in [-0.3, -0.25) is 18.7 Å². The molecule has 0 aliphatic heterocycles. The summed E-state index contributed by atoms with van der Waals surface area (Å²) in [6, 6.07) is 7.55. The van der Waals surface area contributed by atoms with Crippen molar-refractivity contribution in [2.24, 2.45) is 7.05 Å². The Bertz CT molecular complexity index is 786. The van der Waals surface area contributed by atoms with Crippen LogP contribution >= 0.6 is 0 Å². The van der Waals surface area contributed by atoms with Crippen LogP contribution in [0.2, 0.25) is 0 Å². The van der Waals surface area contributed by atoms with Crippen LogP contribution in [0.15, 0.2) is 29.1 Å². The predicted octanol–water partition coefficient (Wildman–Crippen LogP) is -0.265. The van der Waals surface area contributed by atoms with Gasteiger partial charge in [0.15, 0.2) is 0 Å². The summed E-state index contributed by atoms with van der Waals surface area (Å²) in [5.41, 5.74) is 1.22. The Balaban J connectivity index is 1.67. The molecule has 0 saturated heterocycles. The third-order valence-corrected chi connectivity index (χ3v) is 3.74. The van der Waals surface area contributed by atoms with E-state index in [4.69, 9.17) is 0 Å². The van der Waals surface area contributed by atoms with Crippen LogP contribution in [0.1, 0.15) is 12.8 Å². The molecule has 116 valence electrons. The summed E-state index contributed by atoms with van der Waals surface area (Å²) < 4.78 is 2.91. The molecular weight excluding hydrogens is 284 g/mol. The first-order valence-corrected chi connectivity index (χ1v) is 7.26. The zero-order valence-corrected chi connectivity index (χ0v) is 12.3. The standard InChI is InChI=1S/C15H18N4O3/c1-18-11-4-2-3-5-12(11)19(15(18)22)9-14(21)16-8-13(20)17-10-6-7-10/h2-5,10H,6-9H2,1H3,(H,16,21)(H,17,20). The van der Waals surface area contributed by atoms with Gasteiger partial charge in [-0.15, -0.1) is 0 Å². The lowest BCUT2D eigenvalue weighted by Crippen LogP contribution is -2.40. The Morgan fingerprint density at radius 1 is 1.18 bits per heavy atom. The lowest BCUT2D eigenvalue weighted by molar-refractivity contribution is -0.126. The van der Waals surface area contributed by atoms with E-state index in [1.807, 2.05) is 18.2 Å². The molecule has 3 rings (SSSR count). The highest BCUT2D eigenvalue weighted by Gasteiger charge is 2.23. The molecule has 1 saturated carbocycles. The van der Waals surface area contributed by atoms with Crippen molar-refractivity contribution in [2.45, 2.75) is 25.4 Å². The van der Waals surface area contributed by atoms with Gasteiger partial charge in [0.1, 0.15) is 6.54 Å². The number of benzene rings is 1. The first-order chi connectivity index (χ1) is 10.6. The van der Waals surface area contributed by atoms with Crippen molar-refractivity contribution in [3.63, 3.8) is 0 Å². The minimum absolute atomic E-state index is 0.0607. The summed E-state index contributed by atoms with van der Waals surface area (Å²) in [6.45, 7) is -0.161. The van der Waals surface area contributed by atoms with Crippen LogP contribution < -0.4 is 16.3 Å². The van der Waals surface area contributed by atoms with Crippen LogP contribution in [0, 0.1) is 0 Å². The van der Waals surface area contributed by atoms with Crippen LogP contribution in [0.25, 0.3) is 11.0 Å². The first kappa shape index (κ1) is 14.4. The fourth-order valence-corrected chi connectivity index (χ4v) is 2.40. The number of fused-ring (bicyclic) bond motifs is 1. The van der Waals surface area contributed by atoms with Gasteiger partial charge < -0.3 is 10.6 Å². The van der Waals surface area contributed by atoms with E-state index >= 15 is 0 Å². The highest BCUT2D eigenvalue weighted by atomic mass is 16.2. The number of carbonyl (C=O) groups is 2. The second-order valence-electron chi connectivity index (χ2n) is 5.53. The molecule has 2 amide bonds. The maximum Gasteiger partial charge on any atom is 0.329 e. The van der Waals surface area contributed by atoms with E-state index in [0.29, 0.717) is 5.52 Å². The van der Waals surface area contributed by atoms with Crippen molar-refractivity contribution in [1.29, 1.82) is 0 Å². The number of para-hydroxylation sites is 2. The molecule has 1 aromatic carbocycles. The zero-order valence-electron chi connectivity index (χ0n) is 12.3. The minimum Gasteiger partial charge on any atom is -0.352 e. The largest absolute Gasteiger partial charge is 0.352 e. The van der Waals surface area contributed by atoms with Gasteiger partial charge in [0.05, 0.1) is 17.6 Å². The topological polar surface area (TPSA) is 85.1 Å². The first-order valence-electron chi connectivity index (χ1n) is 7.26. The van der Waals surface area contributed by atoms with Crippen LogP contribution in [0.3, 0.4) is 0 Å². The lowest BCUT2D eigenvalue weighted by atomic mass is 10.3. The molecule has 1 aromatic heterocycles. The number of aryl methyl sites for hydroxylation is 1. The Labute approximate surface area is 126 Å². The van der Waals surface area contributed by atoms with Gasteiger partial charge in [-0.1, -0.05) is 12.1 Å². The number of nitrogens with zero attached hydrogens (tertiary/aromatic N) is 2. The molecule has 1 aliphatic rings. The highest BCUT2D eigenvalue weighted by Crippen LogP contribution is 2.18. The lowest BCUT2D eigenvalue weighted by Gasteiger charge is -2.06. The maximum absolute atomic E-state index is 12.2. The molecular formula is C15H18N4O3. The van der Waals surface area contributed by atoms with Gasteiger partial charge in [0, 0.05) is 13.1 Å². The summed E-state index contributed by atoms with van der Waals surface area (Å²) >= 11 is 0. The van der Waals surface area contributed by atoms with E-state index in [1.165, 1.54) is 9.13 Å². The molecule has 2 aromatic rings. The second kappa shape index (κ2) is 5.67. The maximum atomic E-state index is 12.2. The Morgan fingerprint density at radius 3 is 2.55 bits per heavy atom. The van der Waals surface area contributed by atoms with E-state index < -0.39 is 0 Å². The average molecular weight is 302 g/mol. The molecule has 1 heterocycles. The summed E-state index contributed by atoms with van der Waals surface area (Å²) in [7, 11) is 1.67. The molecule has 22 heavy (non-hydrogen) atoms. The number of amides is 2. The highest BCUT2D eigenvalue weighted by molar-refractivity contribution is 5.86. The van der Waals surface area contributed by atoms with Crippen LogP contribution in [-0.4, -0.2) is 33.5 Å². The third kappa shape index (κ3) is 2.88. The Hall–Kier alpha value is -2.57. The summed E-state index contributed by atoms with van der Waals surface area (Å²) in [5.74, 6) is -0.550. The normalized spacial score (nSPS) is 14.0. The fourth-order valence-electron chi connectivity index (χ4n) is 2.40. The third-order valence-electron chi connectivity index (χ3n) is 3.74. The van der Waals surface area contributed by atoms with Gasteiger partial charge in [0.25, 0.3) is 0 Å². The van der Waals surface area contributed by atoms with Gasteiger partial charge in [-0.05, 0) is 25.0 Å². The second-order valence-corrected chi connectivity index (χ2v) is 5.53. The van der Waals surface area contributed by atoms with E-state index in [1.54, 1.807) is 13.1 Å². The summed E-state index contributed by atoms with van der Waals surface area (Å²) in [5, 5.41) is 5.34. The number of hydrogen-bond donors (Lipinski definition) is 2. The van der Waals surface area contributed by atoms with Crippen LogP contribution in [-0.2, 0) is 23.2 Å². The van der Waals surface area contributed by atoms with Gasteiger partial charge in [-0.25, -0.2) is 4.79 Å². The van der Waals surface area contributed by atoms with Crippen LogP contribution in [0.4, 0.5) is 0 Å². The van der Waals surface area contributed by atoms with Crippen molar-refractivity contribution in [2.75, 3.05) is 6.54 Å². The average Bonchev–Trinajstić information content (AvgIpc) is 3.29. The molecule has 7 heteroatoms. The van der Waals surface area contributed by atoms with Gasteiger partial charge in [0.2, 0.25) is 11.8 Å².